The fourth-order valence-corrected chi connectivity index (χ4v) is 2.71. The Labute approximate surface area is 126 Å². The molecular weight excluding hydrogens is 295 g/mol. The van der Waals surface area contributed by atoms with Crippen LogP contribution in [0.4, 0.5) is 4.39 Å². The lowest BCUT2D eigenvalue weighted by Gasteiger charge is -2.08. The smallest absolute Gasteiger partial charge is 0.225 e. The zero-order valence-electron chi connectivity index (χ0n) is 11.6. The number of hydrogen-bond acceptors (Lipinski definition) is 4. The summed E-state index contributed by atoms with van der Waals surface area (Å²) in [5.74, 6) is 0.950. The number of aromatic nitrogens is 2. The van der Waals surface area contributed by atoms with E-state index in [0.29, 0.717) is 5.88 Å². The zero-order chi connectivity index (χ0) is 15.0. The van der Waals surface area contributed by atoms with Crippen molar-refractivity contribution >= 4 is 11.6 Å². The van der Waals surface area contributed by atoms with Crippen LogP contribution in [0.25, 0.3) is 0 Å². The van der Waals surface area contributed by atoms with E-state index in [1.54, 1.807) is 25.4 Å². The summed E-state index contributed by atoms with van der Waals surface area (Å²) in [6, 6.07) is 4.95. The molecule has 2 aromatic rings. The van der Waals surface area contributed by atoms with Crippen molar-refractivity contribution in [1.82, 2.24) is 9.97 Å². The van der Waals surface area contributed by atoms with E-state index in [9.17, 15) is 4.39 Å². The minimum absolute atomic E-state index is 0.163. The molecule has 21 heavy (non-hydrogen) atoms. The summed E-state index contributed by atoms with van der Waals surface area (Å²) in [4.78, 5) is 8.09. The standard InChI is InChI=1S/C15H14ClFN2O2/c1-20-13-5-8(3-4-12(13)17)9-6-10(9)11-7-18-15(16)19-14(11)21-2/h3-5,7,9-10H,6H2,1-2H3/t9-,10+/m0/s1. The van der Waals surface area contributed by atoms with E-state index >= 15 is 0 Å². The molecule has 0 N–H and O–H groups in total. The summed E-state index contributed by atoms with van der Waals surface area (Å²) >= 11 is 5.77. The van der Waals surface area contributed by atoms with Gasteiger partial charge in [0.05, 0.1) is 14.2 Å². The van der Waals surface area contributed by atoms with Crippen LogP contribution in [-0.2, 0) is 0 Å². The third-order valence-electron chi connectivity index (χ3n) is 3.74. The minimum Gasteiger partial charge on any atom is -0.494 e. The Balaban J connectivity index is 1.86. The highest BCUT2D eigenvalue weighted by Crippen LogP contribution is 2.56. The Hall–Kier alpha value is -1.88. The first-order valence-electron chi connectivity index (χ1n) is 6.54. The molecule has 0 radical (unpaired) electrons. The third kappa shape index (κ3) is 2.65. The van der Waals surface area contributed by atoms with Crippen molar-refractivity contribution in [2.75, 3.05) is 14.2 Å². The molecule has 110 valence electrons. The van der Waals surface area contributed by atoms with Gasteiger partial charge in [0.2, 0.25) is 11.2 Å². The summed E-state index contributed by atoms with van der Waals surface area (Å²) in [6.07, 6.45) is 2.63. The molecule has 0 aliphatic heterocycles. The molecule has 0 bridgehead atoms. The number of ether oxygens (including phenoxy) is 2. The van der Waals surface area contributed by atoms with Crippen LogP contribution in [-0.4, -0.2) is 24.2 Å². The van der Waals surface area contributed by atoms with Crippen LogP contribution < -0.4 is 9.47 Å². The summed E-state index contributed by atoms with van der Waals surface area (Å²) in [6.45, 7) is 0. The van der Waals surface area contributed by atoms with E-state index in [2.05, 4.69) is 9.97 Å². The van der Waals surface area contributed by atoms with Gasteiger partial charge in [-0.1, -0.05) is 6.07 Å². The summed E-state index contributed by atoms with van der Waals surface area (Å²) in [5, 5.41) is 0.163. The molecule has 3 rings (SSSR count). The van der Waals surface area contributed by atoms with Gasteiger partial charge in [-0.25, -0.2) is 9.37 Å². The first-order valence-corrected chi connectivity index (χ1v) is 6.91. The first-order chi connectivity index (χ1) is 10.1. The highest BCUT2D eigenvalue weighted by Gasteiger charge is 2.42. The van der Waals surface area contributed by atoms with Gasteiger partial charge >= 0.3 is 0 Å². The van der Waals surface area contributed by atoms with Crippen LogP contribution in [0.3, 0.4) is 0 Å². The van der Waals surface area contributed by atoms with Crippen LogP contribution in [0, 0.1) is 5.82 Å². The van der Waals surface area contributed by atoms with E-state index in [4.69, 9.17) is 21.1 Å². The predicted molar refractivity (Wildman–Crippen MR) is 76.6 cm³/mol. The molecule has 0 spiro atoms. The maximum Gasteiger partial charge on any atom is 0.225 e. The van der Waals surface area contributed by atoms with E-state index < -0.39 is 0 Å². The monoisotopic (exact) mass is 308 g/mol. The van der Waals surface area contributed by atoms with Gasteiger partial charge in [0.25, 0.3) is 0 Å². The average Bonchev–Trinajstić information content (AvgIpc) is 3.28. The van der Waals surface area contributed by atoms with Crippen molar-refractivity contribution in [2.24, 2.45) is 0 Å². The van der Waals surface area contributed by atoms with Crippen LogP contribution in [0.2, 0.25) is 5.28 Å². The summed E-state index contributed by atoms with van der Waals surface area (Å²) in [7, 11) is 3.02. The fraction of sp³-hybridized carbons (Fsp3) is 0.333. The van der Waals surface area contributed by atoms with Crippen molar-refractivity contribution < 1.29 is 13.9 Å². The lowest BCUT2D eigenvalue weighted by Crippen LogP contribution is -1.97. The zero-order valence-corrected chi connectivity index (χ0v) is 12.4. The number of halogens is 2. The normalized spacial score (nSPS) is 20.2. The second kappa shape index (κ2) is 5.48. The Bertz CT molecular complexity index is 681. The van der Waals surface area contributed by atoms with Gasteiger partial charge in [-0.05, 0) is 47.6 Å². The van der Waals surface area contributed by atoms with Crippen molar-refractivity contribution in [3.05, 3.63) is 46.6 Å². The SMILES string of the molecule is COc1cc([C@@H]2C[C@H]2c2cnc(Cl)nc2OC)ccc1F. The molecule has 1 aliphatic rings. The maximum atomic E-state index is 13.5. The highest BCUT2D eigenvalue weighted by molar-refractivity contribution is 6.28. The number of benzene rings is 1. The Morgan fingerprint density at radius 2 is 2.05 bits per heavy atom. The second-order valence-corrected chi connectivity index (χ2v) is 5.28. The van der Waals surface area contributed by atoms with E-state index in [1.165, 1.54) is 13.2 Å². The minimum atomic E-state index is -0.356. The van der Waals surface area contributed by atoms with Gasteiger partial charge in [-0.15, -0.1) is 0 Å². The number of hydrogen-bond donors (Lipinski definition) is 0. The molecule has 1 aromatic heterocycles. The summed E-state index contributed by atoms with van der Waals surface area (Å²) < 4.78 is 23.7. The van der Waals surface area contributed by atoms with E-state index in [0.717, 1.165) is 17.5 Å². The lowest BCUT2D eigenvalue weighted by atomic mass is 10.1. The largest absolute Gasteiger partial charge is 0.494 e. The lowest BCUT2D eigenvalue weighted by molar-refractivity contribution is 0.386. The first kappa shape index (κ1) is 14.1. The molecule has 1 aliphatic carbocycles. The number of nitrogens with zero attached hydrogens (tertiary/aromatic N) is 2. The van der Waals surface area contributed by atoms with Gasteiger partial charge < -0.3 is 9.47 Å². The molecular formula is C15H14ClFN2O2. The van der Waals surface area contributed by atoms with Gasteiger partial charge in [0.15, 0.2) is 11.6 Å². The van der Waals surface area contributed by atoms with Gasteiger partial charge in [-0.2, -0.15) is 4.98 Å². The van der Waals surface area contributed by atoms with Crippen LogP contribution in [0.15, 0.2) is 24.4 Å². The molecule has 1 fully saturated rings. The van der Waals surface area contributed by atoms with Gasteiger partial charge in [0.1, 0.15) is 0 Å². The molecule has 0 saturated heterocycles. The molecule has 1 heterocycles. The Morgan fingerprint density at radius 1 is 1.24 bits per heavy atom. The average molecular weight is 309 g/mol. The molecule has 2 atom stereocenters. The highest BCUT2D eigenvalue weighted by atomic mass is 35.5. The maximum absolute atomic E-state index is 13.5. The van der Waals surface area contributed by atoms with Crippen molar-refractivity contribution in [3.63, 3.8) is 0 Å². The Kier molecular flexibility index (Phi) is 3.68. The van der Waals surface area contributed by atoms with Crippen molar-refractivity contribution in [1.29, 1.82) is 0 Å². The van der Waals surface area contributed by atoms with Gasteiger partial charge in [0, 0.05) is 11.8 Å². The molecule has 0 unspecified atom stereocenters. The summed E-state index contributed by atoms with van der Waals surface area (Å²) in [5.41, 5.74) is 1.96. The van der Waals surface area contributed by atoms with Crippen LogP contribution >= 0.6 is 11.6 Å². The molecule has 0 amide bonds. The third-order valence-corrected chi connectivity index (χ3v) is 3.92. The fourth-order valence-electron chi connectivity index (χ4n) is 2.59. The van der Waals surface area contributed by atoms with Crippen molar-refractivity contribution in [2.45, 2.75) is 18.3 Å². The molecule has 1 aromatic carbocycles. The predicted octanol–water partition coefficient (Wildman–Crippen LogP) is 3.56. The molecule has 6 heteroatoms. The van der Waals surface area contributed by atoms with Crippen LogP contribution in [0.5, 0.6) is 11.6 Å². The van der Waals surface area contributed by atoms with Crippen LogP contribution in [0.1, 0.15) is 29.4 Å². The number of methoxy groups -OCH3 is 2. The quantitative estimate of drug-likeness (QED) is 0.810. The van der Waals surface area contributed by atoms with Crippen molar-refractivity contribution in [3.8, 4) is 11.6 Å². The Morgan fingerprint density at radius 3 is 2.76 bits per heavy atom. The number of rotatable bonds is 4. The topological polar surface area (TPSA) is 44.2 Å². The molecule has 1 saturated carbocycles. The molecule has 4 nitrogen and oxygen atoms in total. The van der Waals surface area contributed by atoms with E-state index in [-0.39, 0.29) is 28.7 Å². The second-order valence-electron chi connectivity index (χ2n) is 4.95. The van der Waals surface area contributed by atoms with E-state index in [1.807, 2.05) is 0 Å². The van der Waals surface area contributed by atoms with Gasteiger partial charge in [-0.3, -0.25) is 0 Å².